The Morgan fingerprint density at radius 3 is 2.70 bits per heavy atom. The summed E-state index contributed by atoms with van der Waals surface area (Å²) < 4.78 is 0. The molecule has 1 aliphatic rings. The highest BCUT2D eigenvalue weighted by molar-refractivity contribution is 5.89. The predicted molar refractivity (Wildman–Crippen MR) is 79.5 cm³/mol. The lowest BCUT2D eigenvalue weighted by atomic mass is 10.00. The van der Waals surface area contributed by atoms with E-state index in [0.29, 0.717) is 17.1 Å². The summed E-state index contributed by atoms with van der Waals surface area (Å²) in [5, 5.41) is 18.0. The number of para-hydroxylation sites is 1. The van der Waals surface area contributed by atoms with Crippen molar-refractivity contribution in [3.8, 4) is 17.0 Å². The van der Waals surface area contributed by atoms with Gasteiger partial charge in [0.25, 0.3) is 0 Å². The van der Waals surface area contributed by atoms with E-state index in [4.69, 9.17) is 5.73 Å². The second kappa shape index (κ2) is 5.13. The van der Waals surface area contributed by atoms with Gasteiger partial charge in [0, 0.05) is 23.9 Å². The average molecular weight is 266 g/mol. The van der Waals surface area contributed by atoms with Crippen LogP contribution in [0, 0.1) is 0 Å². The first-order valence-electron chi connectivity index (χ1n) is 6.36. The van der Waals surface area contributed by atoms with Crippen molar-refractivity contribution in [1.29, 1.82) is 0 Å². The first kappa shape index (κ1) is 12.3. The third kappa shape index (κ3) is 2.25. The molecule has 1 aromatic heterocycles. The maximum Gasteiger partial charge on any atom is 0.153 e. The van der Waals surface area contributed by atoms with E-state index in [2.05, 4.69) is 15.2 Å². The number of hydrogen-bond acceptors (Lipinski definition) is 5. The van der Waals surface area contributed by atoms with Crippen molar-refractivity contribution in [2.24, 2.45) is 4.99 Å². The van der Waals surface area contributed by atoms with Crippen molar-refractivity contribution in [1.82, 2.24) is 10.2 Å². The largest absolute Gasteiger partial charge is 0.507 e. The first-order chi connectivity index (χ1) is 9.75. The number of allylic oxidation sites excluding steroid dienone is 1. The molecular weight excluding hydrogens is 252 g/mol. The summed E-state index contributed by atoms with van der Waals surface area (Å²) in [6, 6.07) is 8.90. The molecule has 5 nitrogen and oxygen atoms in total. The Balaban J connectivity index is 2.09. The van der Waals surface area contributed by atoms with Crippen molar-refractivity contribution in [3.05, 3.63) is 42.0 Å². The van der Waals surface area contributed by atoms with Crippen molar-refractivity contribution in [3.63, 3.8) is 0 Å². The van der Waals surface area contributed by atoms with Gasteiger partial charge in [0.15, 0.2) is 5.82 Å². The minimum absolute atomic E-state index is 0.178. The fourth-order valence-electron chi connectivity index (χ4n) is 2.19. The molecule has 3 rings (SSSR count). The number of phenolic OH excluding ortho intramolecular Hbond substituents is 1. The number of aliphatic imine (C=N–C) groups is 1. The molecule has 1 aliphatic heterocycles. The van der Waals surface area contributed by atoms with Crippen LogP contribution in [0.25, 0.3) is 16.8 Å². The normalized spacial score (nSPS) is 14.1. The van der Waals surface area contributed by atoms with Crippen molar-refractivity contribution < 1.29 is 5.11 Å². The summed E-state index contributed by atoms with van der Waals surface area (Å²) in [4.78, 5) is 4.16. The van der Waals surface area contributed by atoms with Crippen LogP contribution in [0.4, 0.5) is 5.82 Å². The lowest BCUT2D eigenvalue weighted by Crippen LogP contribution is -2.03. The molecule has 0 unspecified atom stereocenters. The summed E-state index contributed by atoms with van der Waals surface area (Å²) >= 11 is 0. The van der Waals surface area contributed by atoms with Gasteiger partial charge < -0.3 is 10.8 Å². The molecule has 20 heavy (non-hydrogen) atoms. The standard InChI is InChI=1S/C15H14N4O/c16-15-12(10-5-7-17-8-6-10)9-13(18-19-15)11-3-1-2-4-14(11)20/h1-5,7,9,20H,6,8H2,(H2,16,19). The molecule has 2 heterocycles. The molecule has 0 bridgehead atoms. The van der Waals surface area contributed by atoms with Gasteiger partial charge in [-0.25, -0.2) is 0 Å². The SMILES string of the molecule is Nc1nnc(-c2ccccc2O)cc1C1=CC=NCC1. The van der Waals surface area contributed by atoms with Gasteiger partial charge in [0.05, 0.1) is 5.69 Å². The van der Waals surface area contributed by atoms with Crippen molar-refractivity contribution >= 4 is 17.6 Å². The van der Waals surface area contributed by atoms with Gasteiger partial charge in [-0.15, -0.1) is 10.2 Å². The summed E-state index contributed by atoms with van der Waals surface area (Å²) in [5.74, 6) is 0.572. The molecule has 100 valence electrons. The van der Waals surface area contributed by atoms with E-state index in [-0.39, 0.29) is 5.75 Å². The second-order valence-corrected chi connectivity index (χ2v) is 4.54. The van der Waals surface area contributed by atoms with E-state index in [0.717, 1.165) is 24.1 Å². The van der Waals surface area contributed by atoms with Crippen LogP contribution in [0.5, 0.6) is 5.75 Å². The summed E-state index contributed by atoms with van der Waals surface area (Å²) in [5.41, 5.74) is 9.11. The third-order valence-corrected chi connectivity index (χ3v) is 3.24. The summed E-state index contributed by atoms with van der Waals surface area (Å²) in [7, 11) is 0. The Morgan fingerprint density at radius 2 is 1.95 bits per heavy atom. The second-order valence-electron chi connectivity index (χ2n) is 4.54. The molecule has 0 spiro atoms. The number of anilines is 1. The lowest BCUT2D eigenvalue weighted by molar-refractivity contribution is 0.477. The number of aromatic nitrogens is 2. The Labute approximate surface area is 116 Å². The predicted octanol–water partition coefficient (Wildman–Crippen LogP) is 2.29. The molecule has 0 fully saturated rings. The Bertz CT molecular complexity index is 707. The topological polar surface area (TPSA) is 84.4 Å². The number of benzene rings is 1. The monoisotopic (exact) mass is 266 g/mol. The molecule has 0 amide bonds. The maximum atomic E-state index is 9.90. The van der Waals surface area contributed by atoms with Gasteiger partial charge in [-0.05, 0) is 36.3 Å². The number of nitrogen functional groups attached to an aromatic ring is 1. The number of rotatable bonds is 2. The van der Waals surface area contributed by atoms with E-state index >= 15 is 0 Å². The molecule has 0 radical (unpaired) electrons. The Morgan fingerprint density at radius 1 is 1.10 bits per heavy atom. The molecule has 5 heteroatoms. The van der Waals surface area contributed by atoms with Gasteiger partial charge in [-0.2, -0.15) is 0 Å². The average Bonchev–Trinajstić information content (AvgIpc) is 2.49. The van der Waals surface area contributed by atoms with Crippen LogP contribution in [0.15, 0.2) is 41.4 Å². The van der Waals surface area contributed by atoms with Crippen LogP contribution in [-0.4, -0.2) is 28.1 Å². The van der Waals surface area contributed by atoms with Gasteiger partial charge in [0.1, 0.15) is 5.75 Å². The van der Waals surface area contributed by atoms with Crippen LogP contribution >= 0.6 is 0 Å². The zero-order valence-corrected chi connectivity index (χ0v) is 10.8. The van der Waals surface area contributed by atoms with E-state index in [9.17, 15) is 5.11 Å². The van der Waals surface area contributed by atoms with Crippen LogP contribution in [0.2, 0.25) is 0 Å². The summed E-state index contributed by atoms with van der Waals surface area (Å²) in [6.45, 7) is 0.750. The van der Waals surface area contributed by atoms with E-state index < -0.39 is 0 Å². The molecular formula is C15H14N4O. The number of dihydropyridines is 1. The maximum absolute atomic E-state index is 9.90. The van der Waals surface area contributed by atoms with E-state index in [1.165, 1.54) is 0 Å². The Hall–Kier alpha value is -2.69. The van der Waals surface area contributed by atoms with Crippen LogP contribution < -0.4 is 5.73 Å². The van der Waals surface area contributed by atoms with Gasteiger partial charge in [-0.3, -0.25) is 4.99 Å². The molecule has 0 aliphatic carbocycles. The Kier molecular flexibility index (Phi) is 3.16. The molecule has 0 atom stereocenters. The highest BCUT2D eigenvalue weighted by atomic mass is 16.3. The molecule has 2 aromatic rings. The number of hydrogen-bond donors (Lipinski definition) is 2. The van der Waals surface area contributed by atoms with Gasteiger partial charge in [-0.1, -0.05) is 12.1 Å². The highest BCUT2D eigenvalue weighted by Crippen LogP contribution is 2.31. The van der Waals surface area contributed by atoms with Crippen LogP contribution in [0.1, 0.15) is 12.0 Å². The summed E-state index contributed by atoms with van der Waals surface area (Å²) in [6.07, 6.45) is 4.54. The zero-order chi connectivity index (χ0) is 13.9. The van der Waals surface area contributed by atoms with Gasteiger partial charge in [0.2, 0.25) is 0 Å². The molecule has 3 N–H and O–H groups in total. The smallest absolute Gasteiger partial charge is 0.153 e. The fourth-order valence-corrected chi connectivity index (χ4v) is 2.19. The highest BCUT2D eigenvalue weighted by Gasteiger charge is 2.13. The minimum atomic E-state index is 0.178. The number of nitrogens with two attached hydrogens (primary N) is 1. The van der Waals surface area contributed by atoms with E-state index in [1.54, 1.807) is 24.4 Å². The van der Waals surface area contributed by atoms with Crippen molar-refractivity contribution in [2.45, 2.75) is 6.42 Å². The van der Waals surface area contributed by atoms with Crippen molar-refractivity contribution in [2.75, 3.05) is 12.3 Å². The van der Waals surface area contributed by atoms with Crippen LogP contribution in [-0.2, 0) is 0 Å². The zero-order valence-electron chi connectivity index (χ0n) is 10.8. The first-order valence-corrected chi connectivity index (χ1v) is 6.36. The number of nitrogens with zero attached hydrogens (tertiary/aromatic N) is 3. The molecule has 0 saturated heterocycles. The third-order valence-electron chi connectivity index (χ3n) is 3.24. The van der Waals surface area contributed by atoms with Crippen LogP contribution in [0.3, 0.4) is 0 Å². The van der Waals surface area contributed by atoms with E-state index in [1.807, 2.05) is 18.2 Å². The number of phenols is 1. The fraction of sp³-hybridized carbons (Fsp3) is 0.133. The molecule has 0 saturated carbocycles. The number of aromatic hydroxyl groups is 1. The van der Waals surface area contributed by atoms with Gasteiger partial charge >= 0.3 is 0 Å². The minimum Gasteiger partial charge on any atom is -0.507 e. The lowest BCUT2D eigenvalue weighted by Gasteiger charge is -2.12. The quantitative estimate of drug-likeness (QED) is 0.873. The molecule has 1 aromatic carbocycles.